The van der Waals surface area contributed by atoms with E-state index in [1.54, 1.807) is 6.20 Å². The molecule has 1 N–H and O–H groups in total. The molecule has 2 rings (SSSR count). The van der Waals surface area contributed by atoms with Crippen LogP contribution in [0.15, 0.2) is 24.4 Å². The summed E-state index contributed by atoms with van der Waals surface area (Å²) in [5, 5.41) is 3.27. The number of aromatic nitrogens is 1. The van der Waals surface area contributed by atoms with E-state index in [0.717, 1.165) is 5.69 Å². The maximum absolute atomic E-state index is 12.2. The quantitative estimate of drug-likeness (QED) is 0.830. The summed E-state index contributed by atoms with van der Waals surface area (Å²) in [7, 11) is 0. The number of nitrogens with zero attached hydrogens (tertiary/aromatic N) is 2. The fourth-order valence-corrected chi connectivity index (χ4v) is 1.85. The molecule has 1 saturated carbocycles. The van der Waals surface area contributed by atoms with Gasteiger partial charge in [-0.3, -0.25) is 9.78 Å². The Balaban J connectivity index is 1.91. The summed E-state index contributed by atoms with van der Waals surface area (Å²) in [5.41, 5.74) is 0.936. The smallest absolute Gasteiger partial charge is 0.237 e. The van der Waals surface area contributed by atoms with Crippen LogP contribution in [0.2, 0.25) is 0 Å². The van der Waals surface area contributed by atoms with Gasteiger partial charge in [-0.1, -0.05) is 6.07 Å². The summed E-state index contributed by atoms with van der Waals surface area (Å²) >= 11 is 0. The van der Waals surface area contributed by atoms with Crippen LogP contribution in [0.1, 0.15) is 32.4 Å². The third kappa shape index (κ3) is 3.81. The molecule has 0 aliphatic heterocycles. The van der Waals surface area contributed by atoms with Crippen LogP contribution >= 0.6 is 0 Å². The van der Waals surface area contributed by atoms with Gasteiger partial charge in [0.15, 0.2) is 0 Å². The first-order valence-corrected chi connectivity index (χ1v) is 6.59. The summed E-state index contributed by atoms with van der Waals surface area (Å²) in [5.74, 6) is 0.155. The van der Waals surface area contributed by atoms with Crippen molar-refractivity contribution in [1.29, 1.82) is 0 Å². The van der Waals surface area contributed by atoms with Crippen LogP contribution in [0, 0.1) is 0 Å². The van der Waals surface area contributed by atoms with Crippen LogP contribution in [0.5, 0.6) is 0 Å². The zero-order valence-corrected chi connectivity index (χ0v) is 11.1. The van der Waals surface area contributed by atoms with Gasteiger partial charge in [0, 0.05) is 18.3 Å². The normalized spacial score (nSPS) is 14.8. The molecule has 4 heteroatoms. The second-order valence-corrected chi connectivity index (χ2v) is 5.09. The molecule has 1 amide bonds. The maximum Gasteiger partial charge on any atom is 0.237 e. The van der Waals surface area contributed by atoms with Crippen molar-refractivity contribution >= 4 is 5.91 Å². The third-order valence-electron chi connectivity index (χ3n) is 3.12. The predicted molar refractivity (Wildman–Crippen MR) is 70.9 cm³/mol. The molecule has 0 radical (unpaired) electrons. The standard InChI is InChI=1S/C14H21N3O/c1-11(2)17(10-13-5-3-4-8-15-13)14(18)9-16-12-6-7-12/h3-5,8,11-12,16H,6-7,9-10H2,1-2H3. The Labute approximate surface area is 108 Å². The Morgan fingerprint density at radius 2 is 2.28 bits per heavy atom. The first-order valence-electron chi connectivity index (χ1n) is 6.59. The Hall–Kier alpha value is -1.42. The molecule has 98 valence electrons. The summed E-state index contributed by atoms with van der Waals surface area (Å²) < 4.78 is 0. The van der Waals surface area contributed by atoms with Crippen molar-refractivity contribution in [2.75, 3.05) is 6.54 Å². The van der Waals surface area contributed by atoms with Gasteiger partial charge in [0.25, 0.3) is 0 Å². The molecule has 0 bridgehead atoms. The largest absolute Gasteiger partial charge is 0.333 e. The number of carbonyl (C=O) groups excluding carboxylic acids is 1. The molecule has 4 nitrogen and oxygen atoms in total. The van der Waals surface area contributed by atoms with E-state index in [1.807, 2.05) is 36.9 Å². The fraction of sp³-hybridized carbons (Fsp3) is 0.571. The summed E-state index contributed by atoms with van der Waals surface area (Å²) in [6, 6.07) is 6.56. The minimum absolute atomic E-state index is 0.155. The van der Waals surface area contributed by atoms with E-state index in [1.165, 1.54) is 12.8 Å². The number of hydrogen-bond donors (Lipinski definition) is 1. The van der Waals surface area contributed by atoms with Crippen molar-refractivity contribution in [3.05, 3.63) is 30.1 Å². The maximum atomic E-state index is 12.2. The topological polar surface area (TPSA) is 45.2 Å². The van der Waals surface area contributed by atoms with Crippen LogP contribution in [-0.2, 0) is 11.3 Å². The first kappa shape index (κ1) is 13.0. The molecule has 1 heterocycles. The number of rotatable bonds is 6. The molecule has 0 unspecified atom stereocenters. The lowest BCUT2D eigenvalue weighted by atomic mass is 10.2. The molecule has 1 fully saturated rings. The van der Waals surface area contributed by atoms with Gasteiger partial charge in [0.2, 0.25) is 5.91 Å². The zero-order chi connectivity index (χ0) is 13.0. The molecular formula is C14H21N3O. The lowest BCUT2D eigenvalue weighted by molar-refractivity contribution is -0.132. The second kappa shape index (κ2) is 5.96. The average molecular weight is 247 g/mol. The van der Waals surface area contributed by atoms with E-state index in [-0.39, 0.29) is 11.9 Å². The van der Waals surface area contributed by atoms with Gasteiger partial charge in [-0.05, 0) is 38.8 Å². The molecule has 1 aromatic heterocycles. The van der Waals surface area contributed by atoms with Crippen molar-refractivity contribution < 1.29 is 4.79 Å². The van der Waals surface area contributed by atoms with Gasteiger partial charge >= 0.3 is 0 Å². The number of amides is 1. The molecule has 1 aliphatic carbocycles. The van der Waals surface area contributed by atoms with Gasteiger partial charge < -0.3 is 10.2 Å². The highest BCUT2D eigenvalue weighted by molar-refractivity contribution is 5.78. The minimum atomic E-state index is 0.155. The monoisotopic (exact) mass is 247 g/mol. The number of hydrogen-bond acceptors (Lipinski definition) is 3. The Morgan fingerprint density at radius 1 is 1.50 bits per heavy atom. The van der Waals surface area contributed by atoms with E-state index in [0.29, 0.717) is 19.1 Å². The minimum Gasteiger partial charge on any atom is -0.333 e. The summed E-state index contributed by atoms with van der Waals surface area (Å²) in [4.78, 5) is 18.3. The van der Waals surface area contributed by atoms with E-state index < -0.39 is 0 Å². The van der Waals surface area contributed by atoms with Gasteiger partial charge in [-0.15, -0.1) is 0 Å². The molecule has 18 heavy (non-hydrogen) atoms. The number of pyridine rings is 1. The Kier molecular flexibility index (Phi) is 4.31. The van der Waals surface area contributed by atoms with Crippen LogP contribution in [0.4, 0.5) is 0 Å². The van der Waals surface area contributed by atoms with Crippen molar-refractivity contribution in [2.45, 2.75) is 45.3 Å². The lowest BCUT2D eigenvalue weighted by Crippen LogP contribution is -2.42. The molecule has 1 aliphatic rings. The van der Waals surface area contributed by atoms with Crippen LogP contribution in [0.25, 0.3) is 0 Å². The van der Waals surface area contributed by atoms with Crippen molar-refractivity contribution in [3.8, 4) is 0 Å². The highest BCUT2D eigenvalue weighted by Gasteiger charge is 2.23. The highest BCUT2D eigenvalue weighted by Crippen LogP contribution is 2.18. The van der Waals surface area contributed by atoms with E-state index in [2.05, 4.69) is 10.3 Å². The van der Waals surface area contributed by atoms with Crippen molar-refractivity contribution in [3.63, 3.8) is 0 Å². The first-order chi connectivity index (χ1) is 8.66. The Morgan fingerprint density at radius 3 is 2.83 bits per heavy atom. The van der Waals surface area contributed by atoms with Crippen LogP contribution in [0.3, 0.4) is 0 Å². The zero-order valence-electron chi connectivity index (χ0n) is 11.1. The van der Waals surface area contributed by atoms with Crippen molar-refractivity contribution in [2.24, 2.45) is 0 Å². The molecule has 0 aromatic carbocycles. The molecule has 0 spiro atoms. The molecule has 0 saturated heterocycles. The number of nitrogens with one attached hydrogen (secondary N) is 1. The molecule has 1 aromatic rings. The van der Waals surface area contributed by atoms with E-state index in [9.17, 15) is 4.79 Å². The van der Waals surface area contributed by atoms with Gasteiger partial charge in [0.05, 0.1) is 18.8 Å². The Bertz CT molecular complexity index is 387. The van der Waals surface area contributed by atoms with Gasteiger partial charge in [-0.2, -0.15) is 0 Å². The highest BCUT2D eigenvalue weighted by atomic mass is 16.2. The summed E-state index contributed by atoms with van der Waals surface area (Å²) in [6.45, 7) is 5.11. The molecular weight excluding hydrogens is 226 g/mol. The fourth-order valence-electron chi connectivity index (χ4n) is 1.85. The number of carbonyl (C=O) groups is 1. The van der Waals surface area contributed by atoms with Crippen molar-refractivity contribution in [1.82, 2.24) is 15.2 Å². The van der Waals surface area contributed by atoms with Crippen LogP contribution < -0.4 is 5.32 Å². The van der Waals surface area contributed by atoms with Crippen LogP contribution in [-0.4, -0.2) is 34.4 Å². The lowest BCUT2D eigenvalue weighted by Gasteiger charge is -2.26. The third-order valence-corrected chi connectivity index (χ3v) is 3.12. The average Bonchev–Trinajstić information content (AvgIpc) is 3.18. The SMILES string of the molecule is CC(C)N(Cc1ccccn1)C(=O)CNC1CC1. The summed E-state index contributed by atoms with van der Waals surface area (Å²) in [6.07, 6.45) is 4.17. The second-order valence-electron chi connectivity index (χ2n) is 5.09. The van der Waals surface area contributed by atoms with E-state index >= 15 is 0 Å². The van der Waals surface area contributed by atoms with Gasteiger partial charge in [0.1, 0.15) is 0 Å². The van der Waals surface area contributed by atoms with E-state index in [4.69, 9.17) is 0 Å². The van der Waals surface area contributed by atoms with Gasteiger partial charge in [-0.25, -0.2) is 0 Å². The predicted octanol–water partition coefficient (Wildman–Crippen LogP) is 1.57. The molecule has 0 atom stereocenters.